The summed E-state index contributed by atoms with van der Waals surface area (Å²) in [5.74, 6) is -0.830. The van der Waals surface area contributed by atoms with Crippen LogP contribution >= 0.6 is 0 Å². The number of rotatable bonds is 10. The average Bonchev–Trinajstić information content (AvgIpc) is 2.62. The fraction of sp³-hybridized carbons (Fsp3) is 0.550. The number of urea groups is 1. The fourth-order valence-corrected chi connectivity index (χ4v) is 3.25. The minimum Gasteiger partial charge on any atom is -0.480 e. The lowest BCUT2D eigenvalue weighted by molar-refractivity contribution is -0.139. The van der Waals surface area contributed by atoms with Gasteiger partial charge in [0.15, 0.2) is 0 Å². The first-order valence-electron chi connectivity index (χ1n) is 9.80. The summed E-state index contributed by atoms with van der Waals surface area (Å²) < 4.78 is 0. The molecule has 1 aliphatic rings. The predicted octanol–water partition coefficient (Wildman–Crippen LogP) is 2.16. The molecule has 0 heterocycles. The van der Waals surface area contributed by atoms with Crippen LogP contribution in [0.4, 0.5) is 10.5 Å². The van der Waals surface area contributed by atoms with Crippen molar-refractivity contribution in [3.05, 3.63) is 29.8 Å². The molecule has 0 saturated heterocycles. The van der Waals surface area contributed by atoms with Gasteiger partial charge in [-0.05, 0) is 43.5 Å². The van der Waals surface area contributed by atoms with E-state index in [4.69, 9.17) is 5.11 Å². The Kier molecular flexibility index (Phi) is 8.25. The molecular weight excluding hydrogens is 360 g/mol. The van der Waals surface area contributed by atoms with Crippen LogP contribution < -0.4 is 16.0 Å². The number of hydrogen-bond donors (Lipinski definition) is 4. The maximum absolute atomic E-state index is 12.0. The van der Waals surface area contributed by atoms with Crippen LogP contribution in [0.2, 0.25) is 0 Å². The number of carbonyl (C=O) groups excluding carboxylic acids is 2. The first kappa shape index (κ1) is 21.7. The maximum atomic E-state index is 12.0. The predicted molar refractivity (Wildman–Crippen MR) is 107 cm³/mol. The van der Waals surface area contributed by atoms with Crippen LogP contribution in [0.5, 0.6) is 0 Å². The van der Waals surface area contributed by atoms with Crippen LogP contribution in [0.15, 0.2) is 24.3 Å². The van der Waals surface area contributed by atoms with E-state index in [0.29, 0.717) is 19.5 Å². The number of carboxylic acids is 1. The van der Waals surface area contributed by atoms with E-state index in [2.05, 4.69) is 16.0 Å². The van der Waals surface area contributed by atoms with Crippen LogP contribution in [0.1, 0.15) is 45.1 Å². The molecule has 3 amide bonds. The lowest BCUT2D eigenvalue weighted by atomic mass is 9.85. The Balaban J connectivity index is 1.68. The number of amides is 3. The van der Waals surface area contributed by atoms with Gasteiger partial charge in [0.2, 0.25) is 5.91 Å². The molecule has 0 unspecified atom stereocenters. The zero-order valence-electron chi connectivity index (χ0n) is 16.5. The Morgan fingerprint density at radius 3 is 2.39 bits per heavy atom. The molecule has 8 heteroatoms. The third-order valence-corrected chi connectivity index (χ3v) is 4.88. The smallest absolute Gasteiger partial charge is 0.317 e. The highest BCUT2D eigenvalue weighted by Gasteiger charge is 2.34. The number of carbonyl (C=O) groups is 3. The quantitative estimate of drug-likeness (QED) is 0.489. The molecule has 0 aliphatic heterocycles. The van der Waals surface area contributed by atoms with Crippen molar-refractivity contribution in [2.45, 2.75) is 58.2 Å². The van der Waals surface area contributed by atoms with Gasteiger partial charge in [-0.15, -0.1) is 0 Å². The molecule has 0 bridgehead atoms. The molecular formula is C20H30N4O4. The van der Waals surface area contributed by atoms with E-state index >= 15 is 0 Å². The summed E-state index contributed by atoms with van der Waals surface area (Å²) in [5, 5.41) is 17.5. The summed E-state index contributed by atoms with van der Waals surface area (Å²) in [4.78, 5) is 36.4. The van der Waals surface area contributed by atoms with E-state index in [1.165, 1.54) is 0 Å². The van der Waals surface area contributed by atoms with Gasteiger partial charge < -0.3 is 21.1 Å². The van der Waals surface area contributed by atoms with Gasteiger partial charge in [0.25, 0.3) is 0 Å². The number of aliphatic carboxylic acids is 1. The molecule has 0 atom stereocenters. The molecule has 154 valence electrons. The minimum atomic E-state index is -0.827. The zero-order valence-corrected chi connectivity index (χ0v) is 16.5. The third kappa shape index (κ3) is 6.84. The van der Waals surface area contributed by atoms with E-state index in [1.54, 1.807) is 0 Å². The molecule has 1 aromatic rings. The highest BCUT2D eigenvalue weighted by Crippen LogP contribution is 2.25. The first-order valence-corrected chi connectivity index (χ1v) is 9.80. The van der Waals surface area contributed by atoms with Crippen molar-refractivity contribution in [3.8, 4) is 0 Å². The second-order valence-electron chi connectivity index (χ2n) is 7.10. The van der Waals surface area contributed by atoms with Crippen LogP contribution in [0.3, 0.4) is 0 Å². The number of anilines is 1. The molecule has 0 spiro atoms. The van der Waals surface area contributed by atoms with E-state index in [9.17, 15) is 14.4 Å². The van der Waals surface area contributed by atoms with Gasteiger partial charge in [-0.2, -0.15) is 0 Å². The van der Waals surface area contributed by atoms with Crippen molar-refractivity contribution in [2.24, 2.45) is 0 Å². The third-order valence-electron chi connectivity index (χ3n) is 4.88. The number of carboxylic acid groups (broad SMARTS) is 1. The number of likely N-dealkylation sites (N-methyl/N-ethyl adjacent to an activating group) is 1. The molecule has 1 fully saturated rings. The minimum absolute atomic E-state index is 0.00320. The molecule has 0 aromatic heterocycles. The Morgan fingerprint density at radius 2 is 1.82 bits per heavy atom. The lowest BCUT2D eigenvalue weighted by Crippen LogP contribution is -2.56. The van der Waals surface area contributed by atoms with Crippen molar-refractivity contribution in [1.29, 1.82) is 0 Å². The van der Waals surface area contributed by atoms with Crippen LogP contribution in [0, 0.1) is 0 Å². The SMILES string of the molecule is CCCC(=O)Nc1ccc(CNC(=O)NC2CC(N(CC)CC(=O)O)C2)cc1. The summed E-state index contributed by atoms with van der Waals surface area (Å²) >= 11 is 0. The number of nitrogens with zero attached hydrogens (tertiary/aromatic N) is 1. The molecule has 1 saturated carbocycles. The van der Waals surface area contributed by atoms with Crippen LogP contribution in [-0.2, 0) is 16.1 Å². The summed E-state index contributed by atoms with van der Waals surface area (Å²) in [6, 6.07) is 7.43. The molecule has 28 heavy (non-hydrogen) atoms. The molecule has 8 nitrogen and oxygen atoms in total. The van der Waals surface area contributed by atoms with E-state index in [0.717, 1.165) is 30.5 Å². The van der Waals surface area contributed by atoms with E-state index < -0.39 is 5.97 Å². The Labute approximate surface area is 165 Å². The highest BCUT2D eigenvalue weighted by molar-refractivity contribution is 5.90. The van der Waals surface area contributed by atoms with Crippen LogP contribution in [0.25, 0.3) is 0 Å². The standard InChI is InChI=1S/C20H30N4O4/c1-3-5-18(25)22-15-8-6-14(7-9-15)12-21-20(28)23-16-10-17(11-16)24(4-2)13-19(26)27/h6-9,16-17H,3-5,10-13H2,1-2H3,(H,22,25)(H,26,27)(H2,21,23,28). The Morgan fingerprint density at radius 1 is 1.14 bits per heavy atom. The normalized spacial score (nSPS) is 18.2. The summed E-state index contributed by atoms with van der Waals surface area (Å²) in [6.45, 7) is 5.01. The van der Waals surface area contributed by atoms with Crippen molar-refractivity contribution in [3.63, 3.8) is 0 Å². The first-order chi connectivity index (χ1) is 13.4. The summed E-state index contributed by atoms with van der Waals surface area (Å²) in [6.07, 6.45) is 2.83. The van der Waals surface area contributed by atoms with Crippen LogP contribution in [-0.4, -0.2) is 53.1 Å². The summed E-state index contributed by atoms with van der Waals surface area (Å²) in [5.41, 5.74) is 1.68. The molecule has 1 aliphatic carbocycles. The average molecular weight is 390 g/mol. The van der Waals surface area contributed by atoms with Gasteiger partial charge in [0, 0.05) is 30.7 Å². The van der Waals surface area contributed by atoms with Gasteiger partial charge >= 0.3 is 12.0 Å². The monoisotopic (exact) mass is 390 g/mol. The number of benzene rings is 1. The van der Waals surface area contributed by atoms with Gasteiger partial charge in [-0.1, -0.05) is 26.0 Å². The number of hydrogen-bond acceptors (Lipinski definition) is 4. The van der Waals surface area contributed by atoms with E-state index in [1.807, 2.05) is 43.0 Å². The molecule has 0 radical (unpaired) electrons. The molecule has 2 rings (SSSR count). The maximum Gasteiger partial charge on any atom is 0.317 e. The summed E-state index contributed by atoms with van der Waals surface area (Å²) in [7, 11) is 0. The van der Waals surface area contributed by atoms with Gasteiger partial charge in [-0.25, -0.2) is 4.79 Å². The van der Waals surface area contributed by atoms with E-state index in [-0.39, 0.29) is 30.6 Å². The second kappa shape index (κ2) is 10.7. The van der Waals surface area contributed by atoms with Crippen molar-refractivity contribution >= 4 is 23.6 Å². The Bertz CT molecular complexity index is 671. The Hall–Kier alpha value is -2.61. The van der Waals surface area contributed by atoms with Crippen molar-refractivity contribution in [1.82, 2.24) is 15.5 Å². The van der Waals surface area contributed by atoms with Gasteiger partial charge in [-0.3, -0.25) is 14.5 Å². The molecule has 4 N–H and O–H groups in total. The van der Waals surface area contributed by atoms with Gasteiger partial charge in [0.1, 0.15) is 0 Å². The fourth-order valence-electron chi connectivity index (χ4n) is 3.25. The topological polar surface area (TPSA) is 111 Å². The molecule has 1 aromatic carbocycles. The van der Waals surface area contributed by atoms with Crippen molar-refractivity contribution in [2.75, 3.05) is 18.4 Å². The highest BCUT2D eigenvalue weighted by atomic mass is 16.4. The lowest BCUT2D eigenvalue weighted by Gasteiger charge is -2.42. The zero-order chi connectivity index (χ0) is 20.5. The number of nitrogens with one attached hydrogen (secondary N) is 3. The van der Waals surface area contributed by atoms with Crippen molar-refractivity contribution < 1.29 is 19.5 Å². The van der Waals surface area contributed by atoms with Gasteiger partial charge in [0.05, 0.1) is 6.54 Å². The largest absolute Gasteiger partial charge is 0.480 e. The second-order valence-corrected chi connectivity index (χ2v) is 7.10.